The topological polar surface area (TPSA) is 109 Å². The molecule has 0 spiro atoms. The Kier molecular flexibility index (Phi) is 1.93. The Labute approximate surface area is 79.7 Å². The molecule has 7 heteroatoms. The van der Waals surface area contributed by atoms with Crippen LogP contribution in [0.15, 0.2) is 16.9 Å². The number of nitrogens with two attached hydrogens (primary N) is 2. The summed E-state index contributed by atoms with van der Waals surface area (Å²) in [4.78, 5) is 3.83. The highest BCUT2D eigenvalue weighted by molar-refractivity contribution is 5.20. The van der Waals surface area contributed by atoms with E-state index in [1.165, 1.54) is 0 Å². The third kappa shape index (κ3) is 1.44. The van der Waals surface area contributed by atoms with Gasteiger partial charge in [0.15, 0.2) is 0 Å². The van der Waals surface area contributed by atoms with Gasteiger partial charge in [0.2, 0.25) is 5.89 Å². The highest BCUT2D eigenvalue weighted by Crippen LogP contribution is 2.16. The molecule has 14 heavy (non-hydrogen) atoms. The lowest BCUT2D eigenvalue weighted by Gasteiger charge is -2.01. The largest absolute Gasteiger partial charge is 0.365 e. The van der Waals surface area contributed by atoms with E-state index >= 15 is 0 Å². The molecule has 2 aromatic rings. The molecule has 1 unspecified atom stereocenters. The minimum absolute atomic E-state index is 0.0827. The summed E-state index contributed by atoms with van der Waals surface area (Å²) in [6.45, 7) is 0. The highest BCUT2D eigenvalue weighted by Gasteiger charge is 2.17. The molecule has 74 valence electrons. The number of rotatable bonds is 2. The third-order valence-electron chi connectivity index (χ3n) is 1.81. The average Bonchev–Trinajstić information content (AvgIpc) is 2.73. The van der Waals surface area contributed by atoms with Crippen LogP contribution in [0.4, 0.5) is 5.95 Å². The minimum Gasteiger partial charge on any atom is -0.365 e. The fourth-order valence-electron chi connectivity index (χ4n) is 1.12. The summed E-state index contributed by atoms with van der Waals surface area (Å²) >= 11 is 0. The van der Waals surface area contributed by atoms with Gasteiger partial charge in [0.05, 0.1) is 6.20 Å². The molecule has 2 heterocycles. The number of hydrogen-bond acceptors (Lipinski definition) is 6. The fraction of sp³-hybridized carbons (Fsp3) is 0.286. The number of anilines is 1. The van der Waals surface area contributed by atoms with E-state index < -0.39 is 6.04 Å². The zero-order chi connectivity index (χ0) is 10.1. The van der Waals surface area contributed by atoms with Crippen LogP contribution in [-0.2, 0) is 7.05 Å². The summed E-state index contributed by atoms with van der Waals surface area (Å²) < 4.78 is 6.49. The minimum atomic E-state index is -0.478. The predicted octanol–water partition coefficient (Wildman–Crippen LogP) is -0.567. The van der Waals surface area contributed by atoms with Crippen molar-refractivity contribution < 1.29 is 4.52 Å². The Morgan fingerprint density at radius 2 is 2.36 bits per heavy atom. The Morgan fingerprint density at radius 1 is 1.57 bits per heavy atom. The van der Waals surface area contributed by atoms with E-state index in [0.717, 1.165) is 5.56 Å². The van der Waals surface area contributed by atoms with Gasteiger partial charge in [-0.25, -0.2) is 0 Å². The van der Waals surface area contributed by atoms with Gasteiger partial charge in [0.25, 0.3) is 5.95 Å². The van der Waals surface area contributed by atoms with Crippen LogP contribution < -0.4 is 11.5 Å². The van der Waals surface area contributed by atoms with Gasteiger partial charge >= 0.3 is 0 Å². The van der Waals surface area contributed by atoms with Crippen molar-refractivity contribution in [3.63, 3.8) is 0 Å². The first-order valence-electron chi connectivity index (χ1n) is 4.00. The summed E-state index contributed by atoms with van der Waals surface area (Å²) in [7, 11) is 1.80. The monoisotopic (exact) mass is 194 g/mol. The lowest BCUT2D eigenvalue weighted by atomic mass is 10.2. The van der Waals surface area contributed by atoms with E-state index in [1.807, 2.05) is 0 Å². The zero-order valence-corrected chi connectivity index (χ0v) is 7.58. The molecule has 1 atom stereocenters. The second kappa shape index (κ2) is 3.11. The maximum atomic E-state index is 5.84. The van der Waals surface area contributed by atoms with Crippen molar-refractivity contribution >= 4 is 5.95 Å². The highest BCUT2D eigenvalue weighted by atomic mass is 16.5. The molecule has 2 rings (SSSR count). The van der Waals surface area contributed by atoms with E-state index in [9.17, 15) is 0 Å². The van der Waals surface area contributed by atoms with Crippen molar-refractivity contribution in [3.05, 3.63) is 23.8 Å². The number of nitrogen functional groups attached to an aromatic ring is 1. The summed E-state index contributed by atoms with van der Waals surface area (Å²) in [6, 6.07) is -0.478. The summed E-state index contributed by atoms with van der Waals surface area (Å²) in [6.07, 6.45) is 3.43. The van der Waals surface area contributed by atoms with Crippen LogP contribution in [0.3, 0.4) is 0 Å². The van der Waals surface area contributed by atoms with Crippen molar-refractivity contribution in [1.82, 2.24) is 19.9 Å². The van der Waals surface area contributed by atoms with Crippen LogP contribution in [0.2, 0.25) is 0 Å². The first kappa shape index (κ1) is 8.70. The predicted molar refractivity (Wildman–Crippen MR) is 47.9 cm³/mol. The number of aromatic nitrogens is 4. The molecule has 0 radical (unpaired) electrons. The van der Waals surface area contributed by atoms with Crippen molar-refractivity contribution in [3.8, 4) is 0 Å². The molecule has 0 saturated carbocycles. The smallest absolute Gasteiger partial charge is 0.260 e. The summed E-state index contributed by atoms with van der Waals surface area (Å²) in [5, 5.41) is 7.44. The quantitative estimate of drug-likeness (QED) is 0.662. The van der Waals surface area contributed by atoms with E-state index in [0.29, 0.717) is 0 Å². The third-order valence-corrected chi connectivity index (χ3v) is 1.81. The van der Waals surface area contributed by atoms with Gasteiger partial charge in [-0.1, -0.05) is 0 Å². The van der Waals surface area contributed by atoms with Gasteiger partial charge in [-0.2, -0.15) is 10.1 Å². The van der Waals surface area contributed by atoms with Crippen molar-refractivity contribution in [1.29, 1.82) is 0 Å². The molecule has 0 fully saturated rings. The number of nitrogens with zero attached hydrogens (tertiary/aromatic N) is 4. The van der Waals surface area contributed by atoms with Gasteiger partial charge < -0.3 is 16.0 Å². The van der Waals surface area contributed by atoms with Crippen LogP contribution in [0.25, 0.3) is 0 Å². The average molecular weight is 194 g/mol. The summed E-state index contributed by atoms with van der Waals surface area (Å²) in [5.41, 5.74) is 11.9. The van der Waals surface area contributed by atoms with Crippen molar-refractivity contribution in [2.75, 3.05) is 5.73 Å². The second-order valence-electron chi connectivity index (χ2n) is 2.92. The van der Waals surface area contributed by atoms with Crippen molar-refractivity contribution in [2.45, 2.75) is 6.04 Å². The molecule has 0 amide bonds. The van der Waals surface area contributed by atoms with Gasteiger partial charge in [-0.3, -0.25) is 4.68 Å². The number of hydrogen-bond donors (Lipinski definition) is 2. The standard InChI is InChI=1S/C7H10N6O/c1-13-3-4(2-10-13)5(8)6-11-7(9)12-14-6/h2-3,5H,8H2,1H3,(H2,9,12). The SMILES string of the molecule is Cn1cc(C(N)c2nc(N)no2)cn1. The summed E-state index contributed by atoms with van der Waals surface area (Å²) in [5.74, 6) is 0.370. The molecule has 0 aromatic carbocycles. The molecular formula is C7H10N6O. The fourth-order valence-corrected chi connectivity index (χ4v) is 1.12. The van der Waals surface area contributed by atoms with Crippen LogP contribution in [0.1, 0.15) is 17.5 Å². The Morgan fingerprint density at radius 3 is 2.86 bits per heavy atom. The Balaban J connectivity index is 2.28. The molecule has 0 bridgehead atoms. The molecule has 0 aliphatic carbocycles. The maximum absolute atomic E-state index is 5.84. The van der Waals surface area contributed by atoms with Crippen LogP contribution >= 0.6 is 0 Å². The second-order valence-corrected chi connectivity index (χ2v) is 2.92. The molecule has 7 nitrogen and oxygen atoms in total. The Bertz CT molecular complexity index is 393. The molecular weight excluding hydrogens is 184 g/mol. The lowest BCUT2D eigenvalue weighted by Crippen LogP contribution is -2.11. The normalized spacial score (nSPS) is 13.0. The van der Waals surface area contributed by atoms with Crippen LogP contribution in [-0.4, -0.2) is 19.9 Å². The van der Waals surface area contributed by atoms with Crippen LogP contribution in [0.5, 0.6) is 0 Å². The van der Waals surface area contributed by atoms with E-state index in [2.05, 4.69) is 15.2 Å². The van der Waals surface area contributed by atoms with E-state index in [4.69, 9.17) is 16.0 Å². The first-order chi connectivity index (χ1) is 6.66. The zero-order valence-electron chi connectivity index (χ0n) is 7.58. The molecule has 2 aromatic heterocycles. The molecule has 0 saturated heterocycles. The first-order valence-corrected chi connectivity index (χ1v) is 4.00. The van der Waals surface area contributed by atoms with Gasteiger partial charge in [-0.15, -0.1) is 0 Å². The maximum Gasteiger partial charge on any atom is 0.260 e. The lowest BCUT2D eigenvalue weighted by molar-refractivity contribution is 0.368. The van der Waals surface area contributed by atoms with Gasteiger partial charge in [-0.05, 0) is 5.16 Å². The Hall–Kier alpha value is -1.89. The molecule has 0 aliphatic rings. The molecule has 4 N–H and O–H groups in total. The van der Waals surface area contributed by atoms with Crippen LogP contribution in [0, 0.1) is 0 Å². The molecule has 0 aliphatic heterocycles. The van der Waals surface area contributed by atoms with Crippen molar-refractivity contribution in [2.24, 2.45) is 12.8 Å². The van der Waals surface area contributed by atoms with E-state index in [-0.39, 0.29) is 11.8 Å². The number of aryl methyl sites for hydroxylation is 1. The van der Waals surface area contributed by atoms with Gasteiger partial charge in [0, 0.05) is 18.8 Å². The van der Waals surface area contributed by atoms with Gasteiger partial charge in [0.1, 0.15) is 6.04 Å². The van der Waals surface area contributed by atoms with E-state index in [1.54, 1.807) is 24.1 Å².